The van der Waals surface area contributed by atoms with Crippen LogP contribution in [0.1, 0.15) is 11.1 Å². The molecule has 0 radical (unpaired) electrons. The average molecular weight is 507 g/mol. The number of carbonyl (C=O) groups excluding carboxylic acids is 1. The second-order valence-electron chi connectivity index (χ2n) is 9.56. The summed E-state index contributed by atoms with van der Waals surface area (Å²) in [6.07, 6.45) is -4.25. The van der Waals surface area contributed by atoms with Crippen LogP contribution in [0.15, 0.2) is 42.5 Å². The van der Waals surface area contributed by atoms with Crippen molar-refractivity contribution in [1.29, 1.82) is 0 Å². The van der Waals surface area contributed by atoms with Crippen LogP contribution < -0.4 is 15.1 Å². The van der Waals surface area contributed by atoms with E-state index in [0.29, 0.717) is 57.2 Å². The molecule has 6 nitrogen and oxygen atoms in total. The molecule has 3 heterocycles. The SMILES string of the molecule is O=C(NCCN1CCOCC1)[C@@H]1Cc2cc(C(F)(F)F)ccc2N2CCN(c3ccccc3F)C[C@H]12. The van der Waals surface area contributed by atoms with Gasteiger partial charge in [0.15, 0.2) is 0 Å². The Kier molecular flexibility index (Phi) is 7.07. The Labute approximate surface area is 207 Å². The molecule has 0 bridgehead atoms. The summed E-state index contributed by atoms with van der Waals surface area (Å²) in [6.45, 7) is 5.47. The van der Waals surface area contributed by atoms with E-state index >= 15 is 0 Å². The third kappa shape index (κ3) is 5.15. The summed E-state index contributed by atoms with van der Waals surface area (Å²) in [5.74, 6) is -1.07. The molecule has 2 aromatic carbocycles. The number of morpholine rings is 1. The van der Waals surface area contributed by atoms with Gasteiger partial charge in [0.1, 0.15) is 5.82 Å². The van der Waals surface area contributed by atoms with Gasteiger partial charge in [0.2, 0.25) is 5.91 Å². The highest BCUT2D eigenvalue weighted by Crippen LogP contribution is 2.40. The zero-order valence-electron chi connectivity index (χ0n) is 19.9. The van der Waals surface area contributed by atoms with Gasteiger partial charge in [0.25, 0.3) is 0 Å². The molecule has 2 atom stereocenters. The van der Waals surface area contributed by atoms with Gasteiger partial charge in [-0.15, -0.1) is 0 Å². The Morgan fingerprint density at radius 2 is 1.81 bits per heavy atom. The molecule has 0 aromatic heterocycles. The summed E-state index contributed by atoms with van der Waals surface area (Å²) in [4.78, 5) is 19.6. The minimum absolute atomic E-state index is 0.184. The standard InChI is InChI=1S/C26H30F4N4O2/c27-21-3-1-2-4-23(21)33-9-10-34-22-6-5-19(26(28,29)30)15-18(22)16-20(24(34)17-33)25(35)31-7-8-32-11-13-36-14-12-32/h1-6,15,20,24H,7-14,16-17H2,(H,31,35)/t20-,24-/m1/s1. The van der Waals surface area contributed by atoms with Crippen LogP contribution in [-0.4, -0.2) is 75.9 Å². The second-order valence-corrected chi connectivity index (χ2v) is 9.56. The van der Waals surface area contributed by atoms with Crippen molar-refractivity contribution in [1.82, 2.24) is 10.2 Å². The lowest BCUT2D eigenvalue weighted by Crippen LogP contribution is -2.61. The summed E-state index contributed by atoms with van der Waals surface area (Å²) in [5, 5.41) is 3.01. The molecule has 1 N–H and O–H groups in total. The summed E-state index contributed by atoms with van der Waals surface area (Å²) in [7, 11) is 0. The monoisotopic (exact) mass is 506 g/mol. The van der Waals surface area contributed by atoms with Crippen molar-refractivity contribution < 1.29 is 27.1 Å². The number of ether oxygens (including phenoxy) is 1. The molecule has 2 aromatic rings. The number of carbonyl (C=O) groups is 1. The Balaban J connectivity index is 1.38. The van der Waals surface area contributed by atoms with Crippen LogP contribution in [-0.2, 0) is 22.1 Å². The fourth-order valence-electron chi connectivity index (χ4n) is 5.52. The number of amides is 1. The van der Waals surface area contributed by atoms with E-state index in [1.54, 1.807) is 18.2 Å². The van der Waals surface area contributed by atoms with Gasteiger partial charge >= 0.3 is 6.18 Å². The molecule has 5 rings (SSSR count). The first-order valence-electron chi connectivity index (χ1n) is 12.4. The molecular formula is C26H30F4N4O2. The van der Waals surface area contributed by atoms with Crippen LogP contribution >= 0.6 is 0 Å². The molecule has 0 saturated carbocycles. The van der Waals surface area contributed by atoms with Crippen LogP contribution in [0.25, 0.3) is 0 Å². The molecule has 2 saturated heterocycles. The smallest absolute Gasteiger partial charge is 0.379 e. The number of hydrogen-bond donors (Lipinski definition) is 1. The van der Waals surface area contributed by atoms with Gasteiger partial charge in [-0.3, -0.25) is 9.69 Å². The highest BCUT2D eigenvalue weighted by atomic mass is 19.4. The Morgan fingerprint density at radius 1 is 1.03 bits per heavy atom. The van der Waals surface area contributed by atoms with E-state index in [1.807, 2.05) is 9.80 Å². The van der Waals surface area contributed by atoms with Crippen molar-refractivity contribution in [2.75, 3.05) is 68.8 Å². The lowest BCUT2D eigenvalue weighted by Gasteiger charge is -2.49. The van der Waals surface area contributed by atoms with Gasteiger partial charge in [0.05, 0.1) is 36.4 Å². The van der Waals surface area contributed by atoms with Gasteiger partial charge < -0.3 is 19.9 Å². The van der Waals surface area contributed by atoms with Crippen molar-refractivity contribution >= 4 is 17.3 Å². The molecule has 0 aliphatic carbocycles. The first-order chi connectivity index (χ1) is 17.3. The number of alkyl halides is 3. The average Bonchev–Trinajstić information content (AvgIpc) is 2.88. The van der Waals surface area contributed by atoms with Crippen LogP contribution in [0.4, 0.5) is 28.9 Å². The number of halogens is 4. The van der Waals surface area contributed by atoms with E-state index in [9.17, 15) is 22.4 Å². The van der Waals surface area contributed by atoms with Gasteiger partial charge in [-0.05, 0) is 42.3 Å². The predicted octanol–water partition coefficient (Wildman–Crippen LogP) is 3.16. The van der Waals surface area contributed by atoms with Crippen molar-refractivity contribution in [3.8, 4) is 0 Å². The Hall–Kier alpha value is -2.85. The lowest BCUT2D eigenvalue weighted by molar-refractivity contribution is -0.137. The maximum absolute atomic E-state index is 14.5. The first kappa shape index (κ1) is 24.8. The van der Waals surface area contributed by atoms with Gasteiger partial charge in [-0.2, -0.15) is 13.2 Å². The summed E-state index contributed by atoms with van der Waals surface area (Å²) in [5.41, 5.74) is 1.00. The van der Waals surface area contributed by atoms with Crippen molar-refractivity contribution in [2.24, 2.45) is 5.92 Å². The van der Waals surface area contributed by atoms with Crippen molar-refractivity contribution in [3.63, 3.8) is 0 Å². The fourth-order valence-corrected chi connectivity index (χ4v) is 5.52. The number of benzene rings is 2. The van der Waals surface area contributed by atoms with Crippen LogP contribution in [0.2, 0.25) is 0 Å². The van der Waals surface area contributed by atoms with Crippen LogP contribution in [0.5, 0.6) is 0 Å². The first-order valence-corrected chi connectivity index (χ1v) is 12.4. The molecule has 10 heteroatoms. The van der Waals surface area contributed by atoms with Crippen molar-refractivity contribution in [2.45, 2.75) is 18.6 Å². The molecular weight excluding hydrogens is 476 g/mol. The summed E-state index contributed by atoms with van der Waals surface area (Å²) < 4.78 is 60.1. The van der Waals surface area contributed by atoms with Crippen molar-refractivity contribution in [3.05, 3.63) is 59.4 Å². The minimum atomic E-state index is -4.45. The highest BCUT2D eigenvalue weighted by Gasteiger charge is 2.43. The van der Waals surface area contributed by atoms with Crippen LogP contribution in [0.3, 0.4) is 0 Å². The third-order valence-corrected chi connectivity index (χ3v) is 7.40. The van der Waals surface area contributed by atoms with Gasteiger partial charge in [0, 0.05) is 51.5 Å². The molecule has 0 unspecified atom stereocenters. The number of nitrogens with one attached hydrogen (secondary N) is 1. The van der Waals surface area contributed by atoms with Gasteiger partial charge in [-0.25, -0.2) is 4.39 Å². The largest absolute Gasteiger partial charge is 0.416 e. The molecule has 2 fully saturated rings. The lowest BCUT2D eigenvalue weighted by atomic mass is 9.82. The van der Waals surface area contributed by atoms with E-state index in [0.717, 1.165) is 24.8 Å². The zero-order valence-corrected chi connectivity index (χ0v) is 19.9. The fraction of sp³-hybridized carbons (Fsp3) is 0.500. The third-order valence-electron chi connectivity index (χ3n) is 7.40. The maximum atomic E-state index is 14.5. The van der Waals surface area contributed by atoms with E-state index in [-0.39, 0.29) is 24.2 Å². The maximum Gasteiger partial charge on any atom is 0.416 e. The molecule has 3 aliphatic rings. The summed E-state index contributed by atoms with van der Waals surface area (Å²) in [6, 6.07) is 10.0. The topological polar surface area (TPSA) is 48.1 Å². The Morgan fingerprint density at radius 3 is 2.56 bits per heavy atom. The predicted molar refractivity (Wildman–Crippen MR) is 129 cm³/mol. The molecule has 1 amide bonds. The number of piperazine rings is 1. The number of fused-ring (bicyclic) bond motifs is 3. The minimum Gasteiger partial charge on any atom is -0.379 e. The molecule has 36 heavy (non-hydrogen) atoms. The van der Waals surface area contributed by atoms with Crippen LogP contribution in [0, 0.1) is 11.7 Å². The van der Waals surface area contributed by atoms with E-state index < -0.39 is 17.7 Å². The quantitative estimate of drug-likeness (QED) is 0.632. The number of para-hydroxylation sites is 1. The Bertz CT molecular complexity index is 1090. The number of hydrogen-bond acceptors (Lipinski definition) is 5. The number of anilines is 2. The van der Waals surface area contributed by atoms with E-state index in [1.165, 1.54) is 18.2 Å². The van der Waals surface area contributed by atoms with E-state index in [2.05, 4.69) is 10.2 Å². The zero-order chi connectivity index (χ0) is 25.3. The number of nitrogens with zero attached hydrogens (tertiary/aromatic N) is 3. The summed E-state index contributed by atoms with van der Waals surface area (Å²) >= 11 is 0. The normalized spacial score (nSPS) is 22.7. The van der Waals surface area contributed by atoms with Gasteiger partial charge in [-0.1, -0.05) is 12.1 Å². The second kappa shape index (κ2) is 10.3. The molecule has 0 spiro atoms. The molecule has 3 aliphatic heterocycles. The number of rotatable bonds is 5. The van der Waals surface area contributed by atoms with E-state index in [4.69, 9.17) is 4.74 Å². The molecule has 194 valence electrons. The highest BCUT2D eigenvalue weighted by molar-refractivity contribution is 5.82.